The van der Waals surface area contributed by atoms with Crippen molar-refractivity contribution in [1.82, 2.24) is 15.3 Å². The zero-order valence-corrected chi connectivity index (χ0v) is 11.4. The molecule has 1 fully saturated rings. The van der Waals surface area contributed by atoms with Crippen LogP contribution in [0.25, 0.3) is 11.1 Å². The quantitative estimate of drug-likeness (QED) is 0.805. The third kappa shape index (κ3) is 2.84. The highest BCUT2D eigenvalue weighted by molar-refractivity contribution is 6.30. The molecule has 5 nitrogen and oxygen atoms in total. The number of nitrogens with one attached hydrogen (secondary N) is 2. The fraction of sp³-hybridized carbons (Fsp3) is 0.286. The van der Waals surface area contributed by atoms with Crippen LogP contribution in [0.4, 0.5) is 0 Å². The Morgan fingerprint density at radius 3 is 2.65 bits per heavy atom. The molecule has 3 N–H and O–H groups in total. The van der Waals surface area contributed by atoms with Gasteiger partial charge in [0, 0.05) is 11.1 Å². The molecule has 0 spiro atoms. The molecule has 1 aromatic carbocycles. The summed E-state index contributed by atoms with van der Waals surface area (Å²) in [6.07, 6.45) is 2.30. The van der Waals surface area contributed by atoms with Gasteiger partial charge in [-0.3, -0.25) is 4.79 Å². The predicted octanol–water partition coefficient (Wildman–Crippen LogP) is 2.05. The van der Waals surface area contributed by atoms with E-state index in [1.165, 1.54) is 0 Å². The summed E-state index contributed by atoms with van der Waals surface area (Å²) in [5, 5.41) is 13.8. The van der Waals surface area contributed by atoms with E-state index in [0.717, 1.165) is 12.8 Å². The van der Waals surface area contributed by atoms with Crippen LogP contribution in [-0.4, -0.2) is 21.1 Å². The molecule has 104 valence electrons. The van der Waals surface area contributed by atoms with Gasteiger partial charge >= 0.3 is 0 Å². The van der Waals surface area contributed by atoms with Gasteiger partial charge in [0.1, 0.15) is 11.4 Å². The number of rotatable bonds is 4. The molecular weight excluding hydrogens is 278 g/mol. The summed E-state index contributed by atoms with van der Waals surface area (Å²) in [5.74, 6) is 0.181. The van der Waals surface area contributed by atoms with Crippen molar-refractivity contribution < 1.29 is 5.11 Å². The Labute approximate surface area is 120 Å². The average molecular weight is 292 g/mol. The highest BCUT2D eigenvalue weighted by Crippen LogP contribution is 2.25. The molecule has 1 aromatic heterocycles. The van der Waals surface area contributed by atoms with Crippen LogP contribution < -0.4 is 10.9 Å². The van der Waals surface area contributed by atoms with Crippen LogP contribution in [0.15, 0.2) is 29.1 Å². The van der Waals surface area contributed by atoms with Crippen LogP contribution in [0.1, 0.15) is 18.7 Å². The lowest BCUT2D eigenvalue weighted by Gasteiger charge is -2.07. The molecule has 2 aromatic rings. The minimum atomic E-state index is -0.354. The summed E-state index contributed by atoms with van der Waals surface area (Å²) >= 11 is 5.81. The monoisotopic (exact) mass is 291 g/mol. The molecule has 20 heavy (non-hydrogen) atoms. The third-order valence-electron chi connectivity index (χ3n) is 3.22. The van der Waals surface area contributed by atoms with Gasteiger partial charge in [-0.2, -0.15) is 4.98 Å². The maximum atomic E-state index is 12.1. The Bertz CT molecular complexity index is 678. The largest absolute Gasteiger partial charge is 0.493 e. The Morgan fingerprint density at radius 1 is 1.35 bits per heavy atom. The Kier molecular flexibility index (Phi) is 3.46. The Hall–Kier alpha value is -1.85. The van der Waals surface area contributed by atoms with Gasteiger partial charge in [0.05, 0.1) is 6.54 Å². The van der Waals surface area contributed by atoms with Crippen molar-refractivity contribution in [2.45, 2.75) is 25.4 Å². The van der Waals surface area contributed by atoms with Gasteiger partial charge in [-0.25, -0.2) is 0 Å². The summed E-state index contributed by atoms with van der Waals surface area (Å²) < 4.78 is 0. The molecule has 0 unspecified atom stereocenters. The predicted molar refractivity (Wildman–Crippen MR) is 76.8 cm³/mol. The van der Waals surface area contributed by atoms with Crippen LogP contribution in [-0.2, 0) is 6.54 Å². The first-order valence-corrected chi connectivity index (χ1v) is 6.83. The SMILES string of the molecule is O=c1[nH]c(CNC2CC2)nc(O)c1-c1ccc(Cl)cc1. The molecule has 1 aliphatic carbocycles. The summed E-state index contributed by atoms with van der Waals surface area (Å²) in [6.45, 7) is 0.453. The van der Waals surface area contributed by atoms with Gasteiger partial charge in [0.2, 0.25) is 5.88 Å². The molecule has 6 heteroatoms. The average Bonchev–Trinajstić information content (AvgIpc) is 3.22. The van der Waals surface area contributed by atoms with Crippen molar-refractivity contribution in [3.05, 3.63) is 45.5 Å². The van der Waals surface area contributed by atoms with Crippen LogP contribution in [0.2, 0.25) is 5.02 Å². The van der Waals surface area contributed by atoms with Crippen LogP contribution in [0, 0.1) is 0 Å². The number of hydrogen-bond donors (Lipinski definition) is 3. The van der Waals surface area contributed by atoms with E-state index in [9.17, 15) is 9.90 Å². The molecule has 0 saturated heterocycles. The van der Waals surface area contributed by atoms with Gasteiger partial charge in [-0.05, 0) is 30.5 Å². The Morgan fingerprint density at radius 2 is 2.05 bits per heavy atom. The maximum Gasteiger partial charge on any atom is 0.262 e. The normalized spacial score (nSPS) is 14.4. The van der Waals surface area contributed by atoms with E-state index >= 15 is 0 Å². The highest BCUT2D eigenvalue weighted by atomic mass is 35.5. The van der Waals surface area contributed by atoms with E-state index in [0.29, 0.717) is 29.0 Å². The van der Waals surface area contributed by atoms with E-state index in [-0.39, 0.29) is 17.0 Å². The first kappa shape index (κ1) is 13.1. The third-order valence-corrected chi connectivity index (χ3v) is 3.47. The van der Waals surface area contributed by atoms with E-state index < -0.39 is 0 Å². The number of benzene rings is 1. The fourth-order valence-corrected chi connectivity index (χ4v) is 2.12. The topological polar surface area (TPSA) is 78.0 Å². The van der Waals surface area contributed by atoms with Crippen molar-refractivity contribution in [2.24, 2.45) is 0 Å². The fourth-order valence-electron chi connectivity index (χ4n) is 2.00. The van der Waals surface area contributed by atoms with Crippen molar-refractivity contribution in [1.29, 1.82) is 0 Å². The molecule has 0 atom stereocenters. The zero-order valence-electron chi connectivity index (χ0n) is 10.7. The maximum absolute atomic E-state index is 12.1. The molecule has 0 bridgehead atoms. The van der Waals surface area contributed by atoms with Gasteiger partial charge in [-0.1, -0.05) is 23.7 Å². The summed E-state index contributed by atoms with van der Waals surface area (Å²) in [6, 6.07) is 7.20. The standard InChI is InChI=1S/C14H14ClN3O2/c15-9-3-1-8(2-4-9)12-13(19)17-11(18-14(12)20)7-16-10-5-6-10/h1-4,10,16H,5-7H2,(H2,17,18,19,20). The van der Waals surface area contributed by atoms with E-state index in [1.54, 1.807) is 24.3 Å². The molecule has 1 heterocycles. The van der Waals surface area contributed by atoms with Gasteiger partial charge in [-0.15, -0.1) is 0 Å². The lowest BCUT2D eigenvalue weighted by molar-refractivity contribution is 0.448. The van der Waals surface area contributed by atoms with Crippen molar-refractivity contribution in [3.63, 3.8) is 0 Å². The molecule has 0 amide bonds. The van der Waals surface area contributed by atoms with Crippen molar-refractivity contribution >= 4 is 11.6 Å². The first-order valence-electron chi connectivity index (χ1n) is 6.45. The minimum Gasteiger partial charge on any atom is -0.493 e. The molecule has 1 aliphatic rings. The smallest absolute Gasteiger partial charge is 0.262 e. The lowest BCUT2D eigenvalue weighted by atomic mass is 10.1. The van der Waals surface area contributed by atoms with Gasteiger partial charge in [0.25, 0.3) is 5.56 Å². The number of nitrogens with zero attached hydrogens (tertiary/aromatic N) is 1. The second-order valence-electron chi connectivity index (χ2n) is 4.87. The van der Waals surface area contributed by atoms with Crippen molar-refractivity contribution in [3.8, 4) is 17.0 Å². The van der Waals surface area contributed by atoms with Gasteiger partial charge in [0.15, 0.2) is 0 Å². The molecule has 0 radical (unpaired) electrons. The van der Waals surface area contributed by atoms with Crippen LogP contribution >= 0.6 is 11.6 Å². The molecule has 1 saturated carbocycles. The lowest BCUT2D eigenvalue weighted by Crippen LogP contribution is -2.21. The van der Waals surface area contributed by atoms with E-state index in [4.69, 9.17) is 11.6 Å². The van der Waals surface area contributed by atoms with E-state index in [2.05, 4.69) is 15.3 Å². The van der Waals surface area contributed by atoms with Crippen molar-refractivity contribution in [2.75, 3.05) is 0 Å². The number of aromatic nitrogens is 2. The minimum absolute atomic E-state index is 0.164. The number of aromatic hydroxyl groups is 1. The number of hydrogen-bond acceptors (Lipinski definition) is 4. The summed E-state index contributed by atoms with van der Waals surface area (Å²) in [7, 11) is 0. The summed E-state index contributed by atoms with van der Waals surface area (Å²) in [5.41, 5.74) is 0.395. The number of halogens is 1. The van der Waals surface area contributed by atoms with Crippen LogP contribution in [0.5, 0.6) is 5.88 Å². The van der Waals surface area contributed by atoms with Crippen LogP contribution in [0.3, 0.4) is 0 Å². The van der Waals surface area contributed by atoms with Gasteiger partial charge < -0.3 is 15.4 Å². The second kappa shape index (κ2) is 5.26. The summed E-state index contributed by atoms with van der Waals surface area (Å²) in [4.78, 5) is 18.8. The molecule has 3 rings (SSSR count). The molecule has 0 aliphatic heterocycles. The second-order valence-corrected chi connectivity index (χ2v) is 5.31. The highest BCUT2D eigenvalue weighted by Gasteiger charge is 2.21. The Balaban J connectivity index is 1.91. The van der Waals surface area contributed by atoms with E-state index in [1.807, 2.05) is 0 Å². The first-order chi connectivity index (χ1) is 9.63. The zero-order chi connectivity index (χ0) is 14.1. The number of aromatic amines is 1. The number of H-pyrrole nitrogens is 1. The molecular formula is C14H14ClN3O2.